The van der Waals surface area contributed by atoms with E-state index in [-0.39, 0.29) is 73.4 Å². The van der Waals surface area contributed by atoms with Gasteiger partial charge in [0.05, 0.1) is 58.6 Å². The van der Waals surface area contributed by atoms with Gasteiger partial charge in [-0.25, -0.2) is 0 Å². The van der Waals surface area contributed by atoms with Gasteiger partial charge in [-0.2, -0.15) is 79.0 Å². The Hall–Kier alpha value is -4.18. The highest BCUT2D eigenvalue weighted by Gasteiger charge is 2.49. The number of benzene rings is 3. The topological polar surface area (TPSA) is 27.7 Å². The number of hydrogen-bond donors (Lipinski definition) is 0. The monoisotopic (exact) mass is 966 g/mol. The lowest BCUT2D eigenvalue weighted by atomic mass is 9.88. The Balaban J connectivity index is 2.61. The maximum Gasteiger partial charge on any atom is 0.864 e. The van der Waals surface area contributed by atoms with E-state index in [0.29, 0.717) is 51.4 Å². The molecule has 23 heteroatoms. The zero-order chi connectivity index (χ0) is 49.4. The van der Waals surface area contributed by atoms with Gasteiger partial charge in [-0.3, -0.25) is 0 Å². The molecule has 0 fully saturated rings. The Bertz CT molecular complexity index is 1820. The van der Waals surface area contributed by atoms with E-state index in [2.05, 4.69) is 0 Å². The van der Waals surface area contributed by atoms with Crippen LogP contribution >= 0.6 is 0 Å². The molecule has 0 saturated carbocycles. The zero-order valence-corrected chi connectivity index (χ0v) is 35.4. The van der Waals surface area contributed by atoms with E-state index >= 15 is 13.2 Å². The predicted molar refractivity (Wildman–Crippen MR) is 203 cm³/mol. The first kappa shape index (κ1) is 55.2. The minimum atomic E-state index is -5.64. The van der Waals surface area contributed by atoms with Crippen LogP contribution in [0.2, 0.25) is 0 Å². The minimum absolute atomic E-state index is 0.0335. The maximum atomic E-state index is 15.4. The van der Waals surface area contributed by atoms with Crippen molar-refractivity contribution in [2.24, 2.45) is 0 Å². The lowest BCUT2D eigenvalue weighted by Crippen LogP contribution is -2.53. The number of halogens is 18. The van der Waals surface area contributed by atoms with Crippen molar-refractivity contribution >= 4 is 7.32 Å². The van der Waals surface area contributed by atoms with Crippen LogP contribution in [0.25, 0.3) is 0 Å². The molecule has 0 N–H and O–H groups in total. The van der Waals surface area contributed by atoms with Crippen LogP contribution in [-0.4, -0.2) is 31.4 Å². The zero-order valence-electron chi connectivity index (χ0n) is 35.4. The van der Waals surface area contributed by atoms with E-state index in [1.165, 1.54) is 0 Å². The first-order valence-electron chi connectivity index (χ1n) is 20.6. The molecule has 1 atom stereocenters. The molecule has 0 radical (unpaired) electrons. The average Bonchev–Trinajstić information content (AvgIpc) is 3.17. The molecule has 366 valence electrons. The van der Waals surface area contributed by atoms with E-state index in [9.17, 15) is 65.9 Å². The van der Waals surface area contributed by atoms with Gasteiger partial charge in [0.25, 0.3) is 0 Å². The van der Waals surface area contributed by atoms with Crippen LogP contribution in [-0.2, 0) is 37.1 Å². The van der Waals surface area contributed by atoms with Gasteiger partial charge in [-0.15, -0.1) is 0 Å². The molecule has 0 bridgehead atoms. The minimum Gasteiger partial charge on any atom is -0.490 e. The molecular formula is C42H47BF18NO3+. The van der Waals surface area contributed by atoms with Crippen LogP contribution in [0.5, 0.6) is 17.2 Å². The van der Waals surface area contributed by atoms with Crippen molar-refractivity contribution in [2.45, 2.75) is 135 Å². The van der Waals surface area contributed by atoms with Gasteiger partial charge in [0.1, 0.15) is 23.3 Å². The second-order valence-corrected chi connectivity index (χ2v) is 15.5. The Morgan fingerprint density at radius 1 is 0.415 bits per heavy atom. The summed E-state index contributed by atoms with van der Waals surface area (Å²) in [4.78, 5) is 0. The fourth-order valence-electron chi connectivity index (χ4n) is 7.35. The van der Waals surface area contributed by atoms with Gasteiger partial charge in [-0.1, -0.05) is 59.8 Å². The van der Waals surface area contributed by atoms with E-state index in [1.807, 2.05) is 0 Å². The molecule has 0 saturated heterocycles. The summed E-state index contributed by atoms with van der Waals surface area (Å²) in [6.07, 6.45) is -30.0. The fraction of sp³-hybridized carbons (Fsp3) is 0.571. The quantitative estimate of drug-likeness (QED) is 0.0461. The highest BCUT2D eigenvalue weighted by molar-refractivity contribution is 6.39. The Kier molecular flexibility index (Phi) is 18.4. The SMILES string of the molecule is CCCCCC(c1c(OB(Oc2cc(C(F)(F)F)cc(C(F)(F)F)c2)Oc2cc(C(F)(F)F)cc(C(F)(F)F)c2)cc(C(F)(F)F)cc1C(F)(F)F)[N+](CCCC)(CCCC)CCCC. The number of alkyl halides is 18. The predicted octanol–water partition coefficient (Wildman–Crippen LogP) is 16.2. The van der Waals surface area contributed by atoms with Crippen LogP contribution in [0.4, 0.5) is 79.0 Å². The summed E-state index contributed by atoms with van der Waals surface area (Å²) in [6, 6.07) is -2.91. The molecule has 0 aromatic heterocycles. The molecule has 3 aromatic rings. The summed E-state index contributed by atoms with van der Waals surface area (Å²) in [6.45, 7) is 7.59. The van der Waals surface area contributed by atoms with Crippen molar-refractivity contribution in [1.82, 2.24) is 0 Å². The average molecular weight is 967 g/mol. The highest BCUT2D eigenvalue weighted by Crippen LogP contribution is 2.50. The molecule has 65 heavy (non-hydrogen) atoms. The molecule has 0 aliphatic heterocycles. The normalized spacial score (nSPS) is 13.8. The lowest BCUT2D eigenvalue weighted by molar-refractivity contribution is -0.958. The molecule has 0 spiro atoms. The second kappa shape index (κ2) is 21.6. The summed E-state index contributed by atoms with van der Waals surface area (Å²) in [5, 5.41) is 0. The highest BCUT2D eigenvalue weighted by atomic mass is 19.4. The molecule has 0 aliphatic rings. The Morgan fingerprint density at radius 2 is 0.754 bits per heavy atom. The molecule has 0 heterocycles. The number of unbranched alkanes of at least 4 members (excludes halogenated alkanes) is 5. The van der Waals surface area contributed by atoms with E-state index in [4.69, 9.17) is 14.0 Å². The van der Waals surface area contributed by atoms with Gasteiger partial charge < -0.3 is 18.4 Å². The van der Waals surface area contributed by atoms with E-state index in [1.54, 1.807) is 27.7 Å². The number of quaternary nitrogens is 1. The van der Waals surface area contributed by atoms with Gasteiger partial charge in [-0.05, 0) is 74.2 Å². The number of hydrogen-bond acceptors (Lipinski definition) is 3. The Morgan fingerprint density at radius 3 is 1.06 bits per heavy atom. The van der Waals surface area contributed by atoms with Crippen molar-refractivity contribution in [3.8, 4) is 17.2 Å². The van der Waals surface area contributed by atoms with Crippen LogP contribution < -0.4 is 14.0 Å². The van der Waals surface area contributed by atoms with Crippen LogP contribution in [0.3, 0.4) is 0 Å². The van der Waals surface area contributed by atoms with Gasteiger partial charge in [0, 0.05) is 6.42 Å². The van der Waals surface area contributed by atoms with Gasteiger partial charge >= 0.3 is 44.4 Å². The first-order chi connectivity index (χ1) is 29.8. The third kappa shape index (κ3) is 15.4. The summed E-state index contributed by atoms with van der Waals surface area (Å²) in [5.74, 6) is -4.55. The van der Waals surface area contributed by atoms with Crippen LogP contribution in [0.1, 0.15) is 137 Å². The summed E-state index contributed by atoms with van der Waals surface area (Å²) in [5.41, 5.74) is -13.3. The first-order valence-corrected chi connectivity index (χ1v) is 20.6. The number of nitrogens with zero attached hydrogens (tertiary/aromatic N) is 1. The molecule has 1 unspecified atom stereocenters. The smallest absolute Gasteiger partial charge is 0.490 e. The van der Waals surface area contributed by atoms with Crippen molar-refractivity contribution in [3.05, 3.63) is 87.5 Å². The van der Waals surface area contributed by atoms with Crippen LogP contribution in [0, 0.1) is 0 Å². The summed E-state index contributed by atoms with van der Waals surface area (Å²) in [7, 11) is -3.27. The third-order valence-electron chi connectivity index (χ3n) is 10.5. The number of rotatable bonds is 21. The van der Waals surface area contributed by atoms with Crippen molar-refractivity contribution in [3.63, 3.8) is 0 Å². The van der Waals surface area contributed by atoms with Gasteiger partial charge in [0.15, 0.2) is 0 Å². The summed E-state index contributed by atoms with van der Waals surface area (Å²) < 4.78 is 273. The second-order valence-electron chi connectivity index (χ2n) is 15.5. The Labute approximate surface area is 364 Å². The van der Waals surface area contributed by atoms with E-state index < -0.39 is 119 Å². The standard InChI is InChI=1S/C42H47BF18NO3/c1-5-9-13-14-34(62(15-10-6-2,16-11-7-3)17-12-8-4)36-33(42(59,60)61)24-30(41(56,57)58)25-35(36)65-43(63-31-20-26(37(44,45)46)18-27(21-31)38(47,48)49)64-32-22-28(39(50,51)52)19-29(23-32)40(53,54)55/h18-25,34H,5-17H2,1-4H3/q+1. The largest absolute Gasteiger partial charge is 0.864 e. The molecule has 0 aliphatic carbocycles. The van der Waals surface area contributed by atoms with Crippen molar-refractivity contribution in [2.75, 3.05) is 19.6 Å². The molecular weight excluding hydrogens is 919 g/mol. The van der Waals surface area contributed by atoms with Crippen molar-refractivity contribution < 1.29 is 97.5 Å². The lowest BCUT2D eigenvalue weighted by Gasteiger charge is -2.47. The van der Waals surface area contributed by atoms with Gasteiger partial charge in [0.2, 0.25) is 0 Å². The van der Waals surface area contributed by atoms with Crippen LogP contribution in [0.15, 0.2) is 48.5 Å². The summed E-state index contributed by atoms with van der Waals surface area (Å²) >= 11 is 0. The molecule has 3 aromatic carbocycles. The maximum absolute atomic E-state index is 15.4. The van der Waals surface area contributed by atoms with Crippen molar-refractivity contribution in [1.29, 1.82) is 0 Å². The molecule has 4 nitrogen and oxygen atoms in total. The van der Waals surface area contributed by atoms with E-state index in [0.717, 1.165) is 0 Å². The molecule has 3 rings (SSSR count). The third-order valence-corrected chi connectivity index (χ3v) is 10.5. The molecule has 0 amide bonds. The fourth-order valence-corrected chi connectivity index (χ4v) is 7.35.